The average molecular weight is 774 g/mol. The Hall–Kier alpha value is -1.85. The maximum atomic E-state index is 11.6. The molecule has 19 heteroatoms. The molecule has 1 aliphatic heterocycles. The molecule has 1 heterocycles. The number of amides is 2. The van der Waals surface area contributed by atoms with E-state index in [0.29, 0.717) is 156 Å². The number of rotatable bonds is 40. The quantitative estimate of drug-likeness (QED) is 0.0616. The van der Waals surface area contributed by atoms with Crippen LogP contribution >= 0.6 is 11.8 Å². The summed E-state index contributed by atoms with van der Waals surface area (Å²) in [5.41, 5.74) is 0. The van der Waals surface area contributed by atoms with Crippen LogP contribution in [0.2, 0.25) is 0 Å². The monoisotopic (exact) mass is 773 g/mol. The van der Waals surface area contributed by atoms with Crippen LogP contribution in [0.1, 0.15) is 26.2 Å². The van der Waals surface area contributed by atoms with Crippen molar-refractivity contribution in [1.29, 1.82) is 0 Å². The van der Waals surface area contributed by atoms with Crippen molar-refractivity contribution in [3.63, 3.8) is 0 Å². The lowest BCUT2D eigenvalue weighted by Gasteiger charge is -2.12. The normalized spacial score (nSPS) is 13.1. The highest BCUT2D eigenvalue weighted by Crippen LogP contribution is 2.12. The van der Waals surface area contributed by atoms with E-state index < -0.39 is 17.8 Å². The van der Waals surface area contributed by atoms with Crippen molar-refractivity contribution in [1.82, 2.24) is 5.06 Å². The zero-order chi connectivity index (χ0) is 37.6. The van der Waals surface area contributed by atoms with Crippen LogP contribution in [0, 0.1) is 0 Å². The van der Waals surface area contributed by atoms with Crippen molar-refractivity contribution in [2.24, 2.45) is 0 Å². The second-order valence-corrected chi connectivity index (χ2v) is 11.8. The summed E-state index contributed by atoms with van der Waals surface area (Å²) in [5, 5.41) is 0.614. The van der Waals surface area contributed by atoms with Crippen molar-refractivity contribution in [2.75, 3.05) is 164 Å². The van der Waals surface area contributed by atoms with Crippen LogP contribution in [0.5, 0.6) is 0 Å². The Balaban J connectivity index is 1.64. The Labute approximate surface area is 310 Å². The van der Waals surface area contributed by atoms with E-state index >= 15 is 0 Å². The standard InChI is InChI=1S/C33H59NO17S/c1-30(35)52-29-28-50-27-26-49-25-24-48-23-22-47-21-20-46-19-18-45-17-16-44-15-14-43-13-12-42-11-10-41-9-8-40-7-6-39-5-4-33(38)51-34-31(36)2-3-32(34)37/h2-29H2,1H3. The number of imide groups is 1. The third-order valence-corrected chi connectivity index (χ3v) is 7.05. The zero-order valence-corrected chi connectivity index (χ0v) is 31.4. The summed E-state index contributed by atoms with van der Waals surface area (Å²) in [4.78, 5) is 50.0. The molecule has 0 bridgehead atoms. The largest absolute Gasteiger partial charge is 0.378 e. The molecule has 0 N–H and O–H groups in total. The minimum atomic E-state index is -0.702. The van der Waals surface area contributed by atoms with Gasteiger partial charge in [0.25, 0.3) is 11.8 Å². The molecule has 2 amide bonds. The molecule has 1 rings (SSSR count). The van der Waals surface area contributed by atoms with Gasteiger partial charge >= 0.3 is 5.97 Å². The first-order valence-electron chi connectivity index (χ1n) is 17.6. The number of hydroxylamine groups is 2. The van der Waals surface area contributed by atoms with E-state index in [1.165, 1.54) is 11.8 Å². The van der Waals surface area contributed by atoms with Crippen molar-refractivity contribution in [3.05, 3.63) is 0 Å². The third kappa shape index (κ3) is 32.8. The fraction of sp³-hybridized carbons (Fsp3) is 0.879. The lowest BCUT2D eigenvalue weighted by Crippen LogP contribution is -2.32. The molecule has 0 aromatic heterocycles. The lowest BCUT2D eigenvalue weighted by atomic mass is 10.4. The number of carbonyl (C=O) groups is 4. The number of hydrogen-bond donors (Lipinski definition) is 0. The van der Waals surface area contributed by atoms with Crippen molar-refractivity contribution in [3.8, 4) is 0 Å². The summed E-state index contributed by atoms with van der Waals surface area (Å²) in [7, 11) is 0. The average Bonchev–Trinajstić information content (AvgIpc) is 3.44. The van der Waals surface area contributed by atoms with Gasteiger partial charge in [-0.15, -0.1) is 5.06 Å². The first kappa shape index (κ1) is 48.2. The Morgan fingerprint density at radius 1 is 0.442 bits per heavy atom. The molecule has 1 aliphatic rings. The van der Waals surface area contributed by atoms with Gasteiger partial charge in [0.05, 0.1) is 165 Å². The summed E-state index contributed by atoms with van der Waals surface area (Å²) in [6.45, 7) is 12.1. The second-order valence-electron chi connectivity index (χ2n) is 10.5. The number of thioether (sulfide) groups is 1. The Morgan fingerprint density at radius 3 is 0.962 bits per heavy atom. The minimum absolute atomic E-state index is 0.0567. The minimum Gasteiger partial charge on any atom is -0.378 e. The van der Waals surface area contributed by atoms with Crippen LogP contribution < -0.4 is 0 Å². The molecule has 0 aromatic carbocycles. The summed E-state index contributed by atoms with van der Waals surface area (Å²) >= 11 is 1.25. The van der Waals surface area contributed by atoms with E-state index in [-0.39, 0.29) is 37.6 Å². The van der Waals surface area contributed by atoms with Crippen LogP contribution in [0.15, 0.2) is 0 Å². The molecule has 0 spiro atoms. The zero-order valence-electron chi connectivity index (χ0n) is 30.6. The fourth-order valence-electron chi connectivity index (χ4n) is 3.73. The summed E-state index contributed by atoms with van der Waals surface area (Å²) in [6.07, 6.45) is 0.0366. The van der Waals surface area contributed by atoms with E-state index in [2.05, 4.69) is 0 Å². The summed E-state index contributed by atoms with van der Waals surface area (Å²) in [5.74, 6) is -1.06. The molecule has 304 valence electrons. The van der Waals surface area contributed by atoms with Gasteiger partial charge < -0.3 is 61.7 Å². The predicted molar refractivity (Wildman–Crippen MR) is 185 cm³/mol. The van der Waals surface area contributed by atoms with Crippen molar-refractivity contribution < 1.29 is 80.9 Å². The Kier molecular flexibility index (Phi) is 34.7. The van der Waals surface area contributed by atoms with Gasteiger partial charge in [0.2, 0.25) is 0 Å². The van der Waals surface area contributed by atoms with Gasteiger partial charge in [-0.1, -0.05) is 11.8 Å². The number of nitrogens with zero attached hydrogens (tertiary/aromatic N) is 1. The molecule has 1 saturated heterocycles. The molecule has 0 radical (unpaired) electrons. The van der Waals surface area contributed by atoms with Crippen LogP contribution in [0.25, 0.3) is 0 Å². The van der Waals surface area contributed by atoms with Gasteiger partial charge in [-0.3, -0.25) is 14.4 Å². The van der Waals surface area contributed by atoms with Gasteiger partial charge in [-0.2, -0.15) is 0 Å². The van der Waals surface area contributed by atoms with Gasteiger partial charge in [0, 0.05) is 25.5 Å². The Morgan fingerprint density at radius 2 is 0.692 bits per heavy atom. The number of ether oxygens (including phenoxy) is 12. The second kappa shape index (κ2) is 37.5. The molecule has 0 aromatic rings. The number of hydrogen-bond acceptors (Lipinski definition) is 18. The van der Waals surface area contributed by atoms with E-state index in [0.717, 1.165) is 0 Å². The first-order chi connectivity index (χ1) is 25.5. The van der Waals surface area contributed by atoms with Gasteiger partial charge in [0.1, 0.15) is 0 Å². The van der Waals surface area contributed by atoms with E-state index in [9.17, 15) is 19.2 Å². The molecular formula is C33H59NO17S. The van der Waals surface area contributed by atoms with Gasteiger partial charge in [0.15, 0.2) is 5.12 Å². The molecular weight excluding hydrogens is 714 g/mol. The Bertz CT molecular complexity index is 871. The summed E-state index contributed by atoms with van der Waals surface area (Å²) < 4.78 is 65.0. The molecule has 1 fully saturated rings. The number of carbonyl (C=O) groups excluding carboxylic acids is 4. The van der Waals surface area contributed by atoms with Crippen molar-refractivity contribution in [2.45, 2.75) is 26.2 Å². The fourth-order valence-corrected chi connectivity index (χ4v) is 4.21. The highest BCUT2D eigenvalue weighted by Gasteiger charge is 2.32. The third-order valence-electron chi connectivity index (χ3n) is 6.27. The van der Waals surface area contributed by atoms with Crippen LogP contribution in [0.3, 0.4) is 0 Å². The van der Waals surface area contributed by atoms with Crippen molar-refractivity contribution >= 4 is 34.7 Å². The maximum Gasteiger partial charge on any atom is 0.335 e. The molecule has 18 nitrogen and oxygen atoms in total. The smallest absolute Gasteiger partial charge is 0.335 e. The predicted octanol–water partition coefficient (Wildman–Crippen LogP) is 0.463. The SMILES string of the molecule is CC(=O)SCCOCCOCCOCCOCCOCCOCCOCCOCCOCCOCCOCCOCCC(=O)ON1C(=O)CCC1=O. The molecule has 0 atom stereocenters. The molecule has 0 unspecified atom stereocenters. The van der Waals surface area contributed by atoms with E-state index in [4.69, 9.17) is 61.7 Å². The lowest BCUT2D eigenvalue weighted by molar-refractivity contribution is -0.198. The van der Waals surface area contributed by atoms with Crippen LogP contribution in [-0.2, 0) is 80.9 Å². The van der Waals surface area contributed by atoms with Gasteiger partial charge in [-0.25, -0.2) is 4.79 Å². The molecule has 52 heavy (non-hydrogen) atoms. The van der Waals surface area contributed by atoms with Gasteiger partial charge in [-0.05, 0) is 0 Å². The topological polar surface area (TPSA) is 192 Å². The highest BCUT2D eigenvalue weighted by atomic mass is 32.2. The molecule has 0 aliphatic carbocycles. The van der Waals surface area contributed by atoms with E-state index in [1.54, 1.807) is 6.92 Å². The van der Waals surface area contributed by atoms with Crippen LogP contribution in [-0.4, -0.2) is 192 Å². The van der Waals surface area contributed by atoms with Crippen LogP contribution in [0.4, 0.5) is 0 Å². The van der Waals surface area contributed by atoms with E-state index in [1.807, 2.05) is 0 Å². The highest BCUT2D eigenvalue weighted by molar-refractivity contribution is 8.13. The first-order valence-corrected chi connectivity index (χ1v) is 18.6. The molecule has 0 saturated carbocycles. The maximum absolute atomic E-state index is 11.6. The summed E-state index contributed by atoms with van der Waals surface area (Å²) in [6, 6.07) is 0.